The van der Waals surface area contributed by atoms with Gasteiger partial charge < -0.3 is 10.1 Å². The molecule has 0 aliphatic heterocycles. The van der Waals surface area contributed by atoms with E-state index in [-0.39, 0.29) is 17.7 Å². The Morgan fingerprint density at radius 2 is 2.00 bits per heavy atom. The topological polar surface area (TPSA) is 68.3 Å². The molecule has 0 saturated heterocycles. The van der Waals surface area contributed by atoms with Crippen LogP contribution in [0.25, 0.3) is 10.9 Å². The molecule has 0 spiro atoms. The van der Waals surface area contributed by atoms with E-state index in [0.29, 0.717) is 34.9 Å². The molecule has 6 heteroatoms. The van der Waals surface area contributed by atoms with Crippen LogP contribution in [0.15, 0.2) is 42.6 Å². The fourth-order valence-electron chi connectivity index (χ4n) is 3.54. The van der Waals surface area contributed by atoms with Gasteiger partial charge >= 0.3 is 0 Å². The molecule has 1 aliphatic carbocycles. The molecule has 1 aliphatic rings. The Bertz CT molecular complexity index is 1150. The highest BCUT2D eigenvalue weighted by Crippen LogP contribution is 2.33. The molecule has 2 aromatic carbocycles. The summed E-state index contributed by atoms with van der Waals surface area (Å²) in [7, 11) is 0. The number of benzene rings is 2. The molecule has 1 heterocycles. The Morgan fingerprint density at radius 1 is 1.19 bits per heavy atom. The van der Waals surface area contributed by atoms with Gasteiger partial charge in [0.15, 0.2) is 0 Å². The van der Waals surface area contributed by atoms with E-state index in [0.717, 1.165) is 41.3 Å². The first-order chi connectivity index (χ1) is 14.9. The first-order valence-corrected chi connectivity index (χ1v) is 11.0. The maximum absolute atomic E-state index is 12.6. The molecule has 4 rings (SSSR count). The van der Waals surface area contributed by atoms with Crippen molar-refractivity contribution in [2.24, 2.45) is 0 Å². The average molecular weight is 437 g/mol. The average Bonchev–Trinajstić information content (AvgIpc) is 3.54. The van der Waals surface area contributed by atoms with E-state index in [2.05, 4.69) is 10.3 Å². The van der Waals surface area contributed by atoms with Crippen LogP contribution in [0.1, 0.15) is 54.1 Å². The molecule has 0 radical (unpaired) electrons. The minimum Gasteiger partial charge on any atom is -0.457 e. The molecule has 1 amide bonds. The summed E-state index contributed by atoms with van der Waals surface area (Å²) < 4.78 is 6.11. The summed E-state index contributed by atoms with van der Waals surface area (Å²) in [5, 5.41) is 4.30. The van der Waals surface area contributed by atoms with E-state index in [9.17, 15) is 9.59 Å². The van der Waals surface area contributed by atoms with E-state index in [1.807, 2.05) is 38.1 Å². The highest BCUT2D eigenvalue weighted by molar-refractivity contribution is 6.31. The summed E-state index contributed by atoms with van der Waals surface area (Å²) in [6.07, 6.45) is 5.45. The number of amides is 1. The second kappa shape index (κ2) is 9.06. The SMILES string of the molecule is CCCC(=O)Cc1ccc(Oc2ccnc3cc(C)c(C(=O)NC4CC4)cc23)cc1Cl. The van der Waals surface area contributed by atoms with Crippen molar-refractivity contribution >= 4 is 34.2 Å². The van der Waals surface area contributed by atoms with E-state index >= 15 is 0 Å². The normalized spacial score (nSPS) is 13.3. The van der Waals surface area contributed by atoms with Crippen LogP contribution in [0.4, 0.5) is 0 Å². The number of Topliss-reactive ketones (excluding diaryl/α,β-unsaturated/α-hetero) is 1. The van der Waals surface area contributed by atoms with Crippen LogP contribution in [-0.4, -0.2) is 22.7 Å². The first-order valence-electron chi connectivity index (χ1n) is 10.6. The standard InChI is InChI=1S/C25H25ClN2O3/c1-3-4-18(29)12-16-5-8-19(13-22(16)26)31-24-9-10-27-23-11-15(2)20(14-21(23)24)25(30)28-17-6-7-17/h5,8-11,13-14,17H,3-4,6-7,12H2,1-2H3,(H,28,30). The monoisotopic (exact) mass is 436 g/mol. The van der Waals surface area contributed by atoms with Crippen molar-refractivity contribution in [3.05, 3.63) is 64.3 Å². The molecule has 0 atom stereocenters. The fourth-order valence-corrected chi connectivity index (χ4v) is 3.78. The minimum atomic E-state index is -0.0687. The summed E-state index contributed by atoms with van der Waals surface area (Å²) in [4.78, 5) is 29.0. The van der Waals surface area contributed by atoms with Crippen LogP contribution in [0.5, 0.6) is 11.5 Å². The Balaban J connectivity index is 1.61. The number of hydrogen-bond acceptors (Lipinski definition) is 4. The van der Waals surface area contributed by atoms with Crippen molar-refractivity contribution in [1.82, 2.24) is 10.3 Å². The predicted molar refractivity (Wildman–Crippen MR) is 122 cm³/mol. The molecule has 1 N–H and O–H groups in total. The number of fused-ring (bicyclic) bond motifs is 1. The van der Waals surface area contributed by atoms with E-state index < -0.39 is 0 Å². The van der Waals surface area contributed by atoms with Crippen LogP contribution in [0.2, 0.25) is 5.02 Å². The van der Waals surface area contributed by atoms with Crippen LogP contribution < -0.4 is 10.1 Å². The van der Waals surface area contributed by atoms with Gasteiger partial charge in [-0.1, -0.05) is 24.6 Å². The largest absolute Gasteiger partial charge is 0.457 e. The smallest absolute Gasteiger partial charge is 0.251 e. The van der Waals surface area contributed by atoms with Gasteiger partial charge in [0.2, 0.25) is 0 Å². The molecule has 5 nitrogen and oxygen atoms in total. The van der Waals surface area contributed by atoms with Gasteiger partial charge in [-0.05, 0) is 67.6 Å². The highest BCUT2D eigenvalue weighted by Gasteiger charge is 2.25. The highest BCUT2D eigenvalue weighted by atomic mass is 35.5. The first kappa shape index (κ1) is 21.3. The van der Waals surface area contributed by atoms with Crippen LogP contribution in [0, 0.1) is 6.92 Å². The number of ketones is 1. The number of pyridine rings is 1. The maximum atomic E-state index is 12.6. The Labute approximate surface area is 186 Å². The number of ether oxygens (including phenoxy) is 1. The Kier molecular flexibility index (Phi) is 6.23. The number of aromatic nitrogens is 1. The lowest BCUT2D eigenvalue weighted by atomic mass is 10.0. The van der Waals surface area contributed by atoms with E-state index in [1.54, 1.807) is 18.3 Å². The number of halogens is 1. The van der Waals surface area contributed by atoms with Gasteiger partial charge in [0.05, 0.1) is 5.52 Å². The summed E-state index contributed by atoms with van der Waals surface area (Å²) in [5.74, 6) is 1.26. The minimum absolute atomic E-state index is 0.0687. The molecule has 1 fully saturated rings. The maximum Gasteiger partial charge on any atom is 0.251 e. The molecule has 0 unspecified atom stereocenters. The number of aryl methyl sites for hydroxylation is 1. The Hall–Kier alpha value is -2.92. The second-order valence-electron chi connectivity index (χ2n) is 8.06. The van der Waals surface area contributed by atoms with Gasteiger partial charge in [-0.25, -0.2) is 0 Å². The third-order valence-electron chi connectivity index (χ3n) is 5.37. The zero-order valence-corrected chi connectivity index (χ0v) is 18.5. The molecular weight excluding hydrogens is 412 g/mol. The lowest BCUT2D eigenvalue weighted by molar-refractivity contribution is -0.118. The van der Waals surface area contributed by atoms with Gasteiger partial charge in [0, 0.05) is 41.1 Å². The van der Waals surface area contributed by atoms with Crippen molar-refractivity contribution in [1.29, 1.82) is 0 Å². The van der Waals surface area contributed by atoms with Crippen molar-refractivity contribution in [3.63, 3.8) is 0 Å². The second-order valence-corrected chi connectivity index (χ2v) is 8.47. The lowest BCUT2D eigenvalue weighted by Crippen LogP contribution is -2.26. The quantitative estimate of drug-likeness (QED) is 0.485. The van der Waals surface area contributed by atoms with E-state index in [1.165, 1.54) is 0 Å². The van der Waals surface area contributed by atoms with Gasteiger partial charge in [0.1, 0.15) is 17.3 Å². The van der Waals surface area contributed by atoms with Gasteiger partial charge in [0.25, 0.3) is 5.91 Å². The van der Waals surface area contributed by atoms with Crippen LogP contribution in [0.3, 0.4) is 0 Å². The van der Waals surface area contributed by atoms with Crippen LogP contribution >= 0.6 is 11.6 Å². The van der Waals surface area contributed by atoms with E-state index in [4.69, 9.17) is 16.3 Å². The van der Waals surface area contributed by atoms with Crippen molar-refractivity contribution in [2.75, 3.05) is 0 Å². The Morgan fingerprint density at radius 3 is 2.71 bits per heavy atom. The molecule has 1 saturated carbocycles. The number of rotatable bonds is 8. The van der Waals surface area contributed by atoms with Crippen LogP contribution in [-0.2, 0) is 11.2 Å². The molecule has 160 valence electrons. The number of nitrogens with zero attached hydrogens (tertiary/aromatic N) is 1. The third-order valence-corrected chi connectivity index (χ3v) is 5.73. The summed E-state index contributed by atoms with van der Waals surface area (Å²) in [5.41, 5.74) is 3.05. The predicted octanol–water partition coefficient (Wildman–Crippen LogP) is 5.79. The van der Waals surface area contributed by atoms with Gasteiger partial charge in [-0.3, -0.25) is 14.6 Å². The zero-order chi connectivity index (χ0) is 22.0. The third kappa shape index (κ3) is 5.05. The number of carbonyl (C=O) groups excluding carboxylic acids is 2. The van der Waals surface area contributed by atoms with Gasteiger partial charge in [-0.2, -0.15) is 0 Å². The molecule has 1 aromatic heterocycles. The van der Waals surface area contributed by atoms with Gasteiger partial charge in [-0.15, -0.1) is 0 Å². The molecule has 31 heavy (non-hydrogen) atoms. The van der Waals surface area contributed by atoms with Crippen molar-refractivity contribution in [3.8, 4) is 11.5 Å². The summed E-state index contributed by atoms with van der Waals surface area (Å²) >= 11 is 6.40. The van der Waals surface area contributed by atoms with Crippen molar-refractivity contribution < 1.29 is 14.3 Å². The number of carbonyl (C=O) groups is 2. The number of nitrogens with one attached hydrogen (secondary N) is 1. The molecular formula is C25H25ClN2O3. The fraction of sp³-hybridized carbons (Fsp3) is 0.320. The lowest BCUT2D eigenvalue weighted by Gasteiger charge is -2.13. The van der Waals surface area contributed by atoms with Crippen molar-refractivity contribution in [2.45, 2.75) is 52.0 Å². The zero-order valence-electron chi connectivity index (χ0n) is 17.7. The number of hydrogen-bond donors (Lipinski definition) is 1. The molecule has 0 bridgehead atoms. The summed E-state index contributed by atoms with van der Waals surface area (Å²) in [6, 6.07) is 11.2. The summed E-state index contributed by atoms with van der Waals surface area (Å²) in [6.45, 7) is 3.90. The molecule has 3 aromatic rings.